The smallest absolute Gasteiger partial charge is 0.239 e. The van der Waals surface area contributed by atoms with Crippen LogP contribution in [0.5, 0.6) is 0 Å². The molecule has 0 spiro atoms. The summed E-state index contributed by atoms with van der Waals surface area (Å²) in [5, 5.41) is 2.82. The van der Waals surface area contributed by atoms with Crippen molar-refractivity contribution in [2.45, 2.75) is 6.42 Å². The minimum Gasteiger partial charge on any atom is -0.354 e. The van der Waals surface area contributed by atoms with E-state index in [1.165, 1.54) is 24.8 Å². The van der Waals surface area contributed by atoms with Crippen molar-refractivity contribution in [2.75, 3.05) is 25.0 Å². The van der Waals surface area contributed by atoms with Crippen molar-refractivity contribution < 1.29 is 9.18 Å². The van der Waals surface area contributed by atoms with Gasteiger partial charge in [0.1, 0.15) is 17.7 Å². The van der Waals surface area contributed by atoms with Crippen LogP contribution in [0.1, 0.15) is 5.56 Å². The van der Waals surface area contributed by atoms with E-state index in [4.69, 9.17) is 0 Å². The largest absolute Gasteiger partial charge is 0.354 e. The molecule has 3 aromatic rings. The minimum atomic E-state index is -0.272. The molecule has 8 heteroatoms. The van der Waals surface area contributed by atoms with Gasteiger partial charge in [0.05, 0.1) is 12.9 Å². The summed E-state index contributed by atoms with van der Waals surface area (Å²) in [5.41, 5.74) is 2.09. The molecule has 0 aliphatic heterocycles. The van der Waals surface area contributed by atoms with E-state index in [0.29, 0.717) is 29.9 Å². The number of benzene rings is 1. The topological polar surface area (TPSA) is 86.8 Å². The number of fused-ring (bicyclic) bond motifs is 1. The van der Waals surface area contributed by atoms with Crippen LogP contribution in [-0.4, -0.2) is 46.0 Å². The van der Waals surface area contributed by atoms with Crippen molar-refractivity contribution in [3.8, 4) is 0 Å². The number of likely N-dealkylation sites (N-methyl/N-ethyl adjacent to an activating group) is 1. The highest BCUT2D eigenvalue weighted by atomic mass is 19.1. The summed E-state index contributed by atoms with van der Waals surface area (Å²) in [6, 6.07) is 6.35. The van der Waals surface area contributed by atoms with Crippen molar-refractivity contribution in [2.24, 2.45) is 0 Å². The Balaban J connectivity index is 1.54. The number of nitrogens with one attached hydrogen (secondary N) is 2. The van der Waals surface area contributed by atoms with Crippen LogP contribution in [0.4, 0.5) is 10.2 Å². The van der Waals surface area contributed by atoms with Crippen LogP contribution in [0.3, 0.4) is 0 Å². The Kier molecular flexibility index (Phi) is 4.64. The van der Waals surface area contributed by atoms with Crippen LogP contribution in [0.2, 0.25) is 0 Å². The Labute approximate surface area is 137 Å². The van der Waals surface area contributed by atoms with Gasteiger partial charge in [-0.2, -0.15) is 0 Å². The average Bonchev–Trinajstić information content (AvgIpc) is 3.03. The minimum absolute atomic E-state index is 0.139. The number of aromatic nitrogens is 4. The van der Waals surface area contributed by atoms with Crippen molar-refractivity contribution >= 4 is 22.9 Å². The number of anilines is 1. The number of rotatable bonds is 6. The number of aromatic amines is 1. The first-order chi connectivity index (χ1) is 11.6. The highest BCUT2D eigenvalue weighted by Crippen LogP contribution is 2.17. The Morgan fingerprint density at radius 3 is 3.04 bits per heavy atom. The molecule has 24 heavy (non-hydrogen) atoms. The molecule has 124 valence electrons. The molecule has 0 aliphatic carbocycles. The first kappa shape index (κ1) is 15.9. The van der Waals surface area contributed by atoms with Gasteiger partial charge in [-0.1, -0.05) is 12.1 Å². The zero-order chi connectivity index (χ0) is 16.9. The van der Waals surface area contributed by atoms with E-state index in [-0.39, 0.29) is 18.3 Å². The third kappa shape index (κ3) is 3.65. The molecule has 2 aromatic heterocycles. The summed E-state index contributed by atoms with van der Waals surface area (Å²) in [7, 11) is 1.77. The molecule has 0 bridgehead atoms. The lowest BCUT2D eigenvalue weighted by atomic mass is 10.1. The summed E-state index contributed by atoms with van der Waals surface area (Å²) in [6.07, 6.45) is 3.53. The Hall–Kier alpha value is -3.03. The summed E-state index contributed by atoms with van der Waals surface area (Å²) in [6.45, 7) is 0.591. The van der Waals surface area contributed by atoms with Crippen LogP contribution >= 0.6 is 0 Å². The van der Waals surface area contributed by atoms with Gasteiger partial charge in [-0.3, -0.25) is 4.79 Å². The number of hydrogen-bond donors (Lipinski definition) is 2. The first-order valence-corrected chi connectivity index (χ1v) is 7.50. The van der Waals surface area contributed by atoms with Gasteiger partial charge in [0.25, 0.3) is 0 Å². The van der Waals surface area contributed by atoms with Gasteiger partial charge in [0.15, 0.2) is 11.5 Å². The Morgan fingerprint density at radius 2 is 2.21 bits per heavy atom. The van der Waals surface area contributed by atoms with Crippen molar-refractivity contribution in [3.63, 3.8) is 0 Å². The van der Waals surface area contributed by atoms with E-state index < -0.39 is 0 Å². The zero-order valence-electron chi connectivity index (χ0n) is 13.2. The van der Waals surface area contributed by atoms with Crippen LogP contribution in [0.25, 0.3) is 11.2 Å². The predicted octanol–water partition coefficient (Wildman–Crippen LogP) is 1.29. The maximum absolute atomic E-state index is 13.1. The number of imidazole rings is 1. The van der Waals surface area contributed by atoms with E-state index in [1.807, 2.05) is 6.07 Å². The summed E-state index contributed by atoms with van der Waals surface area (Å²) < 4.78 is 13.1. The van der Waals surface area contributed by atoms with Gasteiger partial charge in [-0.25, -0.2) is 19.3 Å². The third-order valence-electron chi connectivity index (χ3n) is 3.57. The molecule has 2 heterocycles. The quantitative estimate of drug-likeness (QED) is 0.712. The molecule has 0 radical (unpaired) electrons. The standard InChI is InChI=1S/C16H17FN6O/c1-23(16-14-15(20-9-19-14)21-10-22-16)8-13(24)18-6-5-11-3-2-4-12(17)7-11/h2-4,7,9-10H,5-6,8H2,1H3,(H,18,24)(H,19,20,21,22). The molecule has 1 amide bonds. The highest BCUT2D eigenvalue weighted by Gasteiger charge is 2.13. The van der Waals surface area contributed by atoms with Crippen molar-refractivity contribution in [1.82, 2.24) is 25.3 Å². The molecule has 7 nitrogen and oxygen atoms in total. The Morgan fingerprint density at radius 1 is 1.33 bits per heavy atom. The maximum atomic E-state index is 13.1. The summed E-state index contributed by atoms with van der Waals surface area (Å²) in [4.78, 5) is 29.1. The Bertz CT molecular complexity index is 849. The monoisotopic (exact) mass is 328 g/mol. The van der Waals surface area contributed by atoms with E-state index in [0.717, 1.165) is 5.56 Å². The lowest BCUT2D eigenvalue weighted by Crippen LogP contribution is -2.36. The normalized spacial score (nSPS) is 10.8. The van der Waals surface area contributed by atoms with Crippen LogP contribution in [0.15, 0.2) is 36.9 Å². The van der Waals surface area contributed by atoms with Gasteiger partial charge in [-0.15, -0.1) is 0 Å². The number of amides is 1. The first-order valence-electron chi connectivity index (χ1n) is 7.50. The van der Waals surface area contributed by atoms with Crippen molar-refractivity contribution in [1.29, 1.82) is 0 Å². The van der Waals surface area contributed by atoms with E-state index in [1.54, 1.807) is 18.0 Å². The van der Waals surface area contributed by atoms with Crippen LogP contribution < -0.4 is 10.2 Å². The number of nitrogens with zero attached hydrogens (tertiary/aromatic N) is 4. The van der Waals surface area contributed by atoms with Gasteiger partial charge in [-0.05, 0) is 24.1 Å². The molecule has 3 rings (SSSR count). The van der Waals surface area contributed by atoms with Gasteiger partial charge < -0.3 is 15.2 Å². The van der Waals surface area contributed by atoms with Crippen LogP contribution in [-0.2, 0) is 11.2 Å². The molecular formula is C16H17FN6O. The second-order valence-corrected chi connectivity index (χ2v) is 5.38. The zero-order valence-corrected chi connectivity index (χ0v) is 13.2. The number of H-pyrrole nitrogens is 1. The van der Waals surface area contributed by atoms with Gasteiger partial charge in [0, 0.05) is 13.6 Å². The van der Waals surface area contributed by atoms with Gasteiger partial charge in [0.2, 0.25) is 5.91 Å². The number of carbonyl (C=O) groups is 1. The molecular weight excluding hydrogens is 311 g/mol. The van der Waals surface area contributed by atoms with E-state index in [9.17, 15) is 9.18 Å². The fourth-order valence-corrected chi connectivity index (χ4v) is 2.43. The highest BCUT2D eigenvalue weighted by molar-refractivity contribution is 5.86. The summed E-state index contributed by atoms with van der Waals surface area (Å²) >= 11 is 0. The molecule has 2 N–H and O–H groups in total. The molecule has 0 aliphatic rings. The fourth-order valence-electron chi connectivity index (χ4n) is 2.43. The molecule has 0 atom stereocenters. The molecule has 0 saturated carbocycles. The maximum Gasteiger partial charge on any atom is 0.239 e. The number of carbonyl (C=O) groups excluding carboxylic acids is 1. The fraction of sp³-hybridized carbons (Fsp3) is 0.250. The second kappa shape index (κ2) is 7.03. The summed E-state index contributed by atoms with van der Waals surface area (Å²) in [5.74, 6) is 0.198. The van der Waals surface area contributed by atoms with E-state index >= 15 is 0 Å². The van der Waals surface area contributed by atoms with Crippen LogP contribution in [0, 0.1) is 5.82 Å². The number of halogens is 1. The van der Waals surface area contributed by atoms with Gasteiger partial charge >= 0.3 is 0 Å². The van der Waals surface area contributed by atoms with E-state index in [2.05, 4.69) is 25.3 Å². The molecule has 1 aromatic carbocycles. The lowest BCUT2D eigenvalue weighted by molar-refractivity contribution is -0.119. The third-order valence-corrected chi connectivity index (χ3v) is 3.57. The SMILES string of the molecule is CN(CC(=O)NCCc1cccc(F)c1)c1ncnc2nc[nH]c12. The molecule has 0 unspecified atom stereocenters. The second-order valence-electron chi connectivity index (χ2n) is 5.38. The predicted molar refractivity (Wildman–Crippen MR) is 88.1 cm³/mol. The lowest BCUT2D eigenvalue weighted by Gasteiger charge is -2.17. The average molecular weight is 328 g/mol. The molecule has 0 fully saturated rings. The van der Waals surface area contributed by atoms with Crippen molar-refractivity contribution in [3.05, 3.63) is 48.3 Å². The molecule has 0 saturated heterocycles. The number of hydrogen-bond acceptors (Lipinski definition) is 5.